The van der Waals surface area contributed by atoms with Gasteiger partial charge in [-0.25, -0.2) is 0 Å². The Bertz CT molecular complexity index is 2440. The molecule has 0 amide bonds. The topological polar surface area (TPSA) is 3.24 Å². The summed E-state index contributed by atoms with van der Waals surface area (Å²) in [7, 11) is 0. The molecule has 0 atom stereocenters. The van der Waals surface area contributed by atoms with Crippen LogP contribution in [-0.4, -0.2) is 0 Å². The zero-order valence-electron chi connectivity index (χ0n) is 28.4. The van der Waals surface area contributed by atoms with Crippen molar-refractivity contribution >= 4 is 39.0 Å². The monoisotopic (exact) mass is 687 g/mol. The van der Waals surface area contributed by atoms with Crippen molar-refractivity contribution in [3.8, 4) is 22.3 Å². The van der Waals surface area contributed by atoms with Gasteiger partial charge in [-0.05, 0) is 122 Å². The van der Waals surface area contributed by atoms with Crippen LogP contribution in [0.25, 0.3) is 22.3 Å². The second kappa shape index (κ2) is 10.5. The molecular weight excluding hydrogens is 655 g/mol. The standard InChI is InChI=1S/C48H33NS2/c1-30-13-11-15-32(27-30)49(33-16-12-14-31(2)28-33)44-29-43-46(51-44)47(38-21-7-3-17-34(38)35-18-4-8-22-39(35)47)42-25-26-50-45(42)48(43)40-23-9-5-19-36(40)37-20-6-10-24-41(37)48/h3-29H,1-2H3. The molecule has 242 valence electrons. The fourth-order valence-corrected chi connectivity index (χ4v) is 12.4. The molecule has 51 heavy (non-hydrogen) atoms. The zero-order valence-corrected chi connectivity index (χ0v) is 30.0. The smallest absolute Gasteiger partial charge is 0.101 e. The summed E-state index contributed by atoms with van der Waals surface area (Å²) in [5.74, 6) is 0. The highest BCUT2D eigenvalue weighted by Crippen LogP contribution is 2.70. The number of nitrogens with zero attached hydrogens (tertiary/aromatic N) is 1. The van der Waals surface area contributed by atoms with E-state index < -0.39 is 10.8 Å². The van der Waals surface area contributed by atoms with Gasteiger partial charge < -0.3 is 4.90 Å². The number of anilines is 3. The van der Waals surface area contributed by atoms with Crippen molar-refractivity contribution in [3.05, 3.63) is 217 Å². The summed E-state index contributed by atoms with van der Waals surface area (Å²) < 4.78 is 0. The second-order valence-electron chi connectivity index (χ2n) is 14.2. The predicted molar refractivity (Wildman–Crippen MR) is 215 cm³/mol. The number of aryl methyl sites for hydroxylation is 2. The van der Waals surface area contributed by atoms with Crippen LogP contribution in [0.4, 0.5) is 16.4 Å². The summed E-state index contributed by atoms with van der Waals surface area (Å²) in [4.78, 5) is 5.34. The van der Waals surface area contributed by atoms with Crippen LogP contribution in [0, 0.1) is 13.8 Å². The van der Waals surface area contributed by atoms with E-state index in [0.29, 0.717) is 0 Å². The fourth-order valence-electron chi connectivity index (χ4n) is 9.66. The molecule has 0 unspecified atom stereocenters. The summed E-state index contributed by atoms with van der Waals surface area (Å²) in [6.07, 6.45) is 0. The van der Waals surface area contributed by atoms with Crippen LogP contribution in [0.2, 0.25) is 0 Å². The van der Waals surface area contributed by atoms with Gasteiger partial charge >= 0.3 is 0 Å². The first-order valence-electron chi connectivity index (χ1n) is 17.7. The molecule has 3 aliphatic rings. The number of benzene rings is 6. The lowest BCUT2D eigenvalue weighted by Crippen LogP contribution is -2.41. The van der Waals surface area contributed by atoms with Gasteiger partial charge in [-0.15, -0.1) is 22.7 Å². The van der Waals surface area contributed by atoms with Gasteiger partial charge in [-0.3, -0.25) is 0 Å². The van der Waals surface area contributed by atoms with Crippen LogP contribution in [-0.2, 0) is 10.8 Å². The lowest BCUT2D eigenvalue weighted by Gasteiger charge is -2.45. The average molecular weight is 688 g/mol. The maximum absolute atomic E-state index is 2.57. The minimum Gasteiger partial charge on any atom is -0.302 e. The Morgan fingerprint density at radius 3 is 1.33 bits per heavy atom. The number of fused-ring (bicyclic) bond motifs is 16. The Kier molecular flexibility index (Phi) is 6.04. The molecule has 0 saturated carbocycles. The van der Waals surface area contributed by atoms with Gasteiger partial charge in [0.05, 0.1) is 10.8 Å². The summed E-state index contributed by atoms with van der Waals surface area (Å²) in [5, 5.41) is 3.58. The first-order valence-corrected chi connectivity index (χ1v) is 19.4. The molecule has 3 aliphatic carbocycles. The van der Waals surface area contributed by atoms with E-state index in [1.165, 1.54) is 92.9 Å². The van der Waals surface area contributed by atoms with Crippen molar-refractivity contribution < 1.29 is 0 Å². The highest BCUT2D eigenvalue weighted by Gasteiger charge is 2.61. The van der Waals surface area contributed by atoms with Crippen molar-refractivity contribution in [1.29, 1.82) is 0 Å². The summed E-state index contributed by atoms with van der Waals surface area (Å²) >= 11 is 3.90. The third-order valence-electron chi connectivity index (χ3n) is 11.5. The van der Waals surface area contributed by atoms with Crippen LogP contribution in [0.15, 0.2) is 163 Å². The zero-order chi connectivity index (χ0) is 33.9. The highest BCUT2D eigenvalue weighted by atomic mass is 32.1. The Hall–Kier alpha value is -5.48. The van der Waals surface area contributed by atoms with Gasteiger partial charge in [0, 0.05) is 21.1 Å². The largest absolute Gasteiger partial charge is 0.302 e. The van der Waals surface area contributed by atoms with Crippen LogP contribution in [0.5, 0.6) is 0 Å². The average Bonchev–Trinajstić information content (AvgIpc) is 3.94. The van der Waals surface area contributed by atoms with E-state index in [-0.39, 0.29) is 0 Å². The number of hydrogen-bond donors (Lipinski definition) is 0. The molecule has 2 heterocycles. The van der Waals surface area contributed by atoms with Gasteiger partial charge in [-0.1, -0.05) is 121 Å². The van der Waals surface area contributed by atoms with E-state index in [4.69, 9.17) is 0 Å². The minimum atomic E-state index is -0.441. The summed E-state index contributed by atoms with van der Waals surface area (Å²) in [6.45, 7) is 4.39. The first kappa shape index (κ1) is 29.3. The Morgan fingerprint density at radius 2 is 0.863 bits per heavy atom. The van der Waals surface area contributed by atoms with E-state index >= 15 is 0 Å². The molecule has 6 aromatic carbocycles. The number of rotatable bonds is 3. The van der Waals surface area contributed by atoms with Gasteiger partial charge in [-0.2, -0.15) is 0 Å². The Labute approximate surface area is 306 Å². The normalized spacial score (nSPS) is 14.8. The predicted octanol–water partition coefficient (Wildman–Crippen LogP) is 12.9. The molecule has 0 bridgehead atoms. The molecule has 3 heteroatoms. The third kappa shape index (κ3) is 3.65. The quantitative estimate of drug-likeness (QED) is 0.179. The number of thiophene rings is 2. The molecule has 2 aromatic heterocycles. The fraction of sp³-hybridized carbons (Fsp3) is 0.0833. The van der Waals surface area contributed by atoms with E-state index in [1.807, 2.05) is 22.7 Å². The Balaban J connectivity index is 1.32. The Morgan fingerprint density at radius 1 is 0.412 bits per heavy atom. The maximum Gasteiger partial charge on any atom is 0.101 e. The molecule has 1 nitrogen and oxygen atoms in total. The highest BCUT2D eigenvalue weighted by molar-refractivity contribution is 7.17. The molecule has 2 spiro atoms. The van der Waals surface area contributed by atoms with Gasteiger partial charge in [0.15, 0.2) is 0 Å². The van der Waals surface area contributed by atoms with Gasteiger partial charge in [0.2, 0.25) is 0 Å². The van der Waals surface area contributed by atoms with Crippen molar-refractivity contribution in [1.82, 2.24) is 0 Å². The number of hydrogen-bond acceptors (Lipinski definition) is 3. The van der Waals surface area contributed by atoms with Crippen LogP contribution < -0.4 is 4.90 Å². The van der Waals surface area contributed by atoms with E-state index in [1.54, 1.807) is 0 Å². The molecule has 0 aliphatic heterocycles. The lowest BCUT2D eigenvalue weighted by molar-refractivity contribution is 0.662. The van der Waals surface area contributed by atoms with E-state index in [9.17, 15) is 0 Å². The molecule has 8 aromatic rings. The molecular formula is C48H33NS2. The van der Waals surface area contributed by atoms with Crippen LogP contribution in [0.1, 0.15) is 54.3 Å². The molecule has 0 saturated heterocycles. The van der Waals surface area contributed by atoms with Gasteiger partial charge in [0.1, 0.15) is 5.00 Å². The molecule has 0 N–H and O–H groups in total. The molecule has 0 radical (unpaired) electrons. The van der Waals surface area contributed by atoms with Crippen molar-refractivity contribution in [3.63, 3.8) is 0 Å². The van der Waals surface area contributed by atoms with Crippen molar-refractivity contribution in [2.75, 3.05) is 4.90 Å². The van der Waals surface area contributed by atoms with E-state index in [2.05, 4.69) is 182 Å². The van der Waals surface area contributed by atoms with Crippen LogP contribution >= 0.6 is 22.7 Å². The van der Waals surface area contributed by atoms with Crippen LogP contribution in [0.3, 0.4) is 0 Å². The second-order valence-corrected chi connectivity index (χ2v) is 16.1. The van der Waals surface area contributed by atoms with Crippen molar-refractivity contribution in [2.45, 2.75) is 24.7 Å². The molecule has 0 fully saturated rings. The SMILES string of the molecule is Cc1cccc(N(c2cccc(C)c2)c2cc3c(s2)C2(c4ccccc4-c4ccccc42)c2ccsc2C32c3ccccc3-c3ccccc32)c1. The summed E-state index contributed by atoms with van der Waals surface area (Å²) in [6, 6.07) is 59.6. The first-order chi connectivity index (χ1) is 25.1. The van der Waals surface area contributed by atoms with Gasteiger partial charge in [0.25, 0.3) is 0 Å². The third-order valence-corrected chi connectivity index (χ3v) is 13.8. The lowest BCUT2D eigenvalue weighted by atomic mass is 9.58. The summed E-state index contributed by atoms with van der Waals surface area (Å²) in [5.41, 5.74) is 17.7. The molecule has 11 rings (SSSR count). The van der Waals surface area contributed by atoms with Crippen molar-refractivity contribution in [2.24, 2.45) is 0 Å². The minimum absolute atomic E-state index is 0.441. The maximum atomic E-state index is 2.57. The van der Waals surface area contributed by atoms with E-state index in [0.717, 1.165) is 0 Å².